The number of hydrogen-bond donors (Lipinski definition) is 1. The summed E-state index contributed by atoms with van der Waals surface area (Å²) in [5.41, 5.74) is 0.940. The molecule has 0 radical (unpaired) electrons. The fraction of sp³-hybridized carbons (Fsp3) is 0.526. The highest BCUT2D eigenvalue weighted by Crippen LogP contribution is 2.24. The molecule has 0 spiro atoms. The van der Waals surface area contributed by atoms with Gasteiger partial charge in [-0.2, -0.15) is 4.98 Å². The van der Waals surface area contributed by atoms with Gasteiger partial charge in [0.05, 0.1) is 0 Å². The summed E-state index contributed by atoms with van der Waals surface area (Å²) in [6.07, 6.45) is 4.35. The van der Waals surface area contributed by atoms with Gasteiger partial charge in [-0.1, -0.05) is 36.7 Å². The molecule has 1 aliphatic heterocycles. The summed E-state index contributed by atoms with van der Waals surface area (Å²) in [6, 6.07) is 7.57. The van der Waals surface area contributed by atoms with Crippen molar-refractivity contribution in [3.8, 4) is 0 Å². The monoisotopic (exact) mass is 376 g/mol. The molecule has 6 nitrogen and oxygen atoms in total. The van der Waals surface area contributed by atoms with Crippen LogP contribution in [0.4, 0.5) is 5.95 Å². The van der Waals surface area contributed by atoms with E-state index in [9.17, 15) is 4.79 Å². The summed E-state index contributed by atoms with van der Waals surface area (Å²) in [5, 5.41) is 7.70. The Hall–Kier alpha value is -2.08. The van der Waals surface area contributed by atoms with Gasteiger partial charge >= 0.3 is 0 Å². The van der Waals surface area contributed by atoms with E-state index in [1.54, 1.807) is 0 Å². The van der Waals surface area contributed by atoms with Gasteiger partial charge in [0, 0.05) is 37.5 Å². The van der Waals surface area contributed by atoms with E-state index in [2.05, 4.69) is 20.4 Å². The number of halogens is 1. The third kappa shape index (κ3) is 4.97. The van der Waals surface area contributed by atoms with Crippen molar-refractivity contribution in [2.24, 2.45) is 5.92 Å². The predicted molar refractivity (Wildman–Crippen MR) is 101 cm³/mol. The van der Waals surface area contributed by atoms with Crippen molar-refractivity contribution in [3.05, 3.63) is 40.7 Å². The second-order valence-corrected chi connectivity index (χ2v) is 7.11. The topological polar surface area (TPSA) is 71.3 Å². The molecule has 140 valence electrons. The van der Waals surface area contributed by atoms with E-state index >= 15 is 0 Å². The molecular weight excluding hydrogens is 352 g/mol. The lowest BCUT2D eigenvalue weighted by Crippen LogP contribution is -2.36. The zero-order valence-corrected chi connectivity index (χ0v) is 15.8. The van der Waals surface area contributed by atoms with Gasteiger partial charge in [-0.3, -0.25) is 4.79 Å². The number of hydrogen-bond acceptors (Lipinski definition) is 5. The minimum Gasteiger partial charge on any atom is -0.352 e. The molecule has 1 N–H and O–H groups in total. The molecule has 1 atom stereocenters. The zero-order chi connectivity index (χ0) is 18.4. The third-order valence-electron chi connectivity index (χ3n) is 4.78. The van der Waals surface area contributed by atoms with Crippen molar-refractivity contribution in [1.29, 1.82) is 0 Å². The Morgan fingerprint density at radius 2 is 2.27 bits per heavy atom. The van der Waals surface area contributed by atoms with Crippen molar-refractivity contribution in [2.45, 2.75) is 45.6 Å². The van der Waals surface area contributed by atoms with Crippen molar-refractivity contribution in [1.82, 2.24) is 15.5 Å². The zero-order valence-electron chi connectivity index (χ0n) is 15.1. The standard InChI is InChI=1S/C19H25ClN4O2/c1-2-18-22-19(23-26-18)24-11-5-6-14(13-24)9-10-17(25)21-12-15-7-3-4-8-16(15)20/h3-4,7-8,14H,2,5-6,9-13H2,1H3,(H,21,25)/t14-/m1/s1. The lowest BCUT2D eigenvalue weighted by Gasteiger charge is -2.31. The first-order chi connectivity index (χ1) is 12.7. The molecule has 1 aromatic heterocycles. The quantitative estimate of drug-likeness (QED) is 0.799. The van der Waals surface area contributed by atoms with Crippen LogP contribution in [0.1, 0.15) is 44.1 Å². The average molecular weight is 377 g/mol. The van der Waals surface area contributed by atoms with E-state index in [1.807, 2.05) is 31.2 Å². The minimum atomic E-state index is 0.0647. The van der Waals surface area contributed by atoms with Crippen molar-refractivity contribution in [2.75, 3.05) is 18.0 Å². The highest BCUT2D eigenvalue weighted by molar-refractivity contribution is 6.31. The van der Waals surface area contributed by atoms with Gasteiger partial charge in [-0.15, -0.1) is 0 Å². The molecular formula is C19H25ClN4O2. The van der Waals surface area contributed by atoms with Gasteiger partial charge in [0.2, 0.25) is 11.8 Å². The van der Waals surface area contributed by atoms with Crippen LogP contribution < -0.4 is 10.2 Å². The number of rotatable bonds is 7. The summed E-state index contributed by atoms with van der Waals surface area (Å²) in [6.45, 7) is 4.29. The number of nitrogens with one attached hydrogen (secondary N) is 1. The van der Waals surface area contributed by atoms with Crippen molar-refractivity contribution < 1.29 is 9.32 Å². The molecule has 1 amide bonds. The van der Waals surface area contributed by atoms with E-state index < -0.39 is 0 Å². The maximum Gasteiger partial charge on any atom is 0.266 e. The first-order valence-electron chi connectivity index (χ1n) is 9.23. The molecule has 7 heteroatoms. The number of benzene rings is 1. The number of amides is 1. The van der Waals surface area contributed by atoms with Gasteiger partial charge in [0.1, 0.15) is 0 Å². The van der Waals surface area contributed by atoms with E-state index in [4.69, 9.17) is 16.1 Å². The number of carbonyl (C=O) groups is 1. The van der Waals surface area contributed by atoms with Crippen LogP contribution >= 0.6 is 11.6 Å². The van der Waals surface area contributed by atoms with Crippen molar-refractivity contribution in [3.63, 3.8) is 0 Å². The third-order valence-corrected chi connectivity index (χ3v) is 5.14. The first-order valence-corrected chi connectivity index (χ1v) is 9.61. The smallest absolute Gasteiger partial charge is 0.266 e. The van der Waals surface area contributed by atoms with Gasteiger partial charge in [0.15, 0.2) is 0 Å². The number of nitrogens with zero attached hydrogens (tertiary/aromatic N) is 3. The van der Waals surface area contributed by atoms with Crippen LogP contribution in [0.15, 0.2) is 28.8 Å². The fourth-order valence-electron chi connectivity index (χ4n) is 3.26. The number of carbonyl (C=O) groups excluding carboxylic acids is 1. The number of piperidine rings is 1. The summed E-state index contributed by atoms with van der Waals surface area (Å²) < 4.78 is 5.21. The molecule has 1 aromatic carbocycles. The summed E-state index contributed by atoms with van der Waals surface area (Å²) in [4.78, 5) is 18.7. The highest BCUT2D eigenvalue weighted by atomic mass is 35.5. The largest absolute Gasteiger partial charge is 0.352 e. The average Bonchev–Trinajstić information content (AvgIpc) is 3.15. The molecule has 26 heavy (non-hydrogen) atoms. The normalized spacial score (nSPS) is 17.3. The molecule has 0 saturated carbocycles. The van der Waals surface area contributed by atoms with Crippen LogP contribution in [0.2, 0.25) is 5.02 Å². The second-order valence-electron chi connectivity index (χ2n) is 6.70. The van der Waals surface area contributed by atoms with Crippen LogP contribution in [0, 0.1) is 5.92 Å². The second kappa shape index (κ2) is 9.03. The molecule has 0 bridgehead atoms. The van der Waals surface area contributed by atoms with E-state index in [0.717, 1.165) is 44.3 Å². The van der Waals surface area contributed by atoms with Gasteiger partial charge in [-0.25, -0.2) is 0 Å². The Morgan fingerprint density at radius 1 is 1.42 bits per heavy atom. The Kier molecular flexibility index (Phi) is 6.50. The molecule has 2 aromatic rings. The van der Waals surface area contributed by atoms with Crippen LogP contribution in [0.25, 0.3) is 0 Å². The SMILES string of the molecule is CCc1nc(N2CCC[C@H](CCC(=O)NCc3ccccc3Cl)C2)no1. The van der Waals surface area contributed by atoms with Gasteiger partial charge < -0.3 is 14.7 Å². The van der Waals surface area contributed by atoms with Crippen LogP contribution in [0.3, 0.4) is 0 Å². The Labute approximate surface area is 158 Å². The summed E-state index contributed by atoms with van der Waals surface area (Å²) in [5.74, 6) is 1.88. The van der Waals surface area contributed by atoms with E-state index in [-0.39, 0.29) is 5.91 Å². The molecule has 0 unspecified atom stereocenters. The van der Waals surface area contributed by atoms with Crippen LogP contribution in [-0.2, 0) is 17.8 Å². The van der Waals surface area contributed by atoms with E-state index in [0.29, 0.717) is 35.7 Å². The lowest BCUT2D eigenvalue weighted by molar-refractivity contribution is -0.121. The minimum absolute atomic E-state index is 0.0647. The maximum absolute atomic E-state index is 12.2. The number of aromatic nitrogens is 2. The van der Waals surface area contributed by atoms with Crippen molar-refractivity contribution >= 4 is 23.5 Å². The van der Waals surface area contributed by atoms with Gasteiger partial charge in [-0.05, 0) is 42.0 Å². The molecule has 2 heterocycles. The Bertz CT molecular complexity index is 734. The predicted octanol–water partition coefficient (Wildman–Crippen LogP) is 3.60. The fourth-order valence-corrected chi connectivity index (χ4v) is 3.46. The van der Waals surface area contributed by atoms with E-state index in [1.165, 1.54) is 0 Å². The molecule has 1 fully saturated rings. The molecule has 1 saturated heterocycles. The van der Waals surface area contributed by atoms with Crippen LogP contribution in [-0.4, -0.2) is 29.1 Å². The first kappa shape index (κ1) is 18.7. The molecule has 3 rings (SSSR count). The Balaban J connectivity index is 1.43. The summed E-state index contributed by atoms with van der Waals surface area (Å²) in [7, 11) is 0. The maximum atomic E-state index is 12.2. The summed E-state index contributed by atoms with van der Waals surface area (Å²) >= 11 is 6.12. The van der Waals surface area contributed by atoms with Crippen LogP contribution in [0.5, 0.6) is 0 Å². The lowest BCUT2D eigenvalue weighted by atomic mass is 9.93. The molecule has 1 aliphatic rings. The molecule has 0 aliphatic carbocycles. The Morgan fingerprint density at radius 3 is 3.04 bits per heavy atom. The highest BCUT2D eigenvalue weighted by Gasteiger charge is 2.23. The van der Waals surface area contributed by atoms with Gasteiger partial charge in [0.25, 0.3) is 5.95 Å². The number of aryl methyl sites for hydroxylation is 1. The number of anilines is 1.